The Labute approximate surface area is 88.1 Å². The highest BCUT2D eigenvalue weighted by Crippen LogP contribution is 2.21. The summed E-state index contributed by atoms with van der Waals surface area (Å²) in [5.41, 5.74) is 0.0780. The number of aromatic nitrogens is 2. The molecule has 0 amide bonds. The summed E-state index contributed by atoms with van der Waals surface area (Å²) in [4.78, 5) is 0. The van der Waals surface area contributed by atoms with E-state index in [4.69, 9.17) is 10.7 Å². The van der Waals surface area contributed by atoms with Crippen molar-refractivity contribution in [3.63, 3.8) is 0 Å². The van der Waals surface area contributed by atoms with E-state index in [1.165, 1.54) is 6.92 Å². The van der Waals surface area contributed by atoms with E-state index in [1.54, 1.807) is 0 Å². The molecule has 86 valence electrons. The average molecular weight is 263 g/mol. The van der Waals surface area contributed by atoms with Crippen LogP contribution in [0, 0.1) is 6.92 Å². The van der Waals surface area contributed by atoms with Gasteiger partial charge in [-0.3, -0.25) is 4.68 Å². The van der Waals surface area contributed by atoms with Crippen molar-refractivity contribution in [1.82, 2.24) is 9.78 Å². The van der Waals surface area contributed by atoms with Crippen molar-refractivity contribution in [2.24, 2.45) is 0 Å². The van der Waals surface area contributed by atoms with E-state index in [0.717, 1.165) is 6.20 Å². The highest BCUT2D eigenvalue weighted by atomic mass is 35.7. The fourth-order valence-electron chi connectivity index (χ4n) is 1.01. The van der Waals surface area contributed by atoms with Crippen LogP contribution in [-0.2, 0) is 15.6 Å². The van der Waals surface area contributed by atoms with E-state index >= 15 is 0 Å². The minimum atomic E-state index is -4.45. The summed E-state index contributed by atoms with van der Waals surface area (Å²) in [5.74, 6) is 0. The molecule has 1 rings (SSSR count). The van der Waals surface area contributed by atoms with E-state index in [0.29, 0.717) is 4.68 Å². The van der Waals surface area contributed by atoms with Gasteiger partial charge in [0, 0.05) is 22.4 Å². The molecule has 0 bridgehead atoms. The first-order chi connectivity index (χ1) is 6.59. The molecule has 0 aliphatic rings. The summed E-state index contributed by atoms with van der Waals surface area (Å²) < 4.78 is 58.0. The zero-order valence-corrected chi connectivity index (χ0v) is 8.99. The second-order valence-corrected chi connectivity index (χ2v) is 5.35. The summed E-state index contributed by atoms with van der Waals surface area (Å²) in [5, 5.41) is 2.70. The third-order valence-corrected chi connectivity index (χ3v) is 2.78. The molecule has 1 aromatic heterocycles. The molecule has 0 aliphatic carbocycles. The minimum absolute atomic E-state index is 0.0780. The van der Waals surface area contributed by atoms with E-state index in [1.807, 2.05) is 0 Å². The zero-order valence-electron chi connectivity index (χ0n) is 7.42. The molecule has 0 aliphatic heterocycles. The molecule has 0 unspecified atom stereocenters. The number of halogens is 4. The highest BCUT2D eigenvalue weighted by molar-refractivity contribution is 8.13. The molecule has 0 aromatic carbocycles. The largest absolute Gasteiger partial charge is 0.408 e. The summed E-state index contributed by atoms with van der Waals surface area (Å²) in [6.45, 7) is -0.0324. The standard InChI is InChI=1S/C6H6ClF3N2O2S/c1-4-2-12(3-6(8,9)10)11-5(4)15(7,13)14/h2H,3H2,1H3. The van der Waals surface area contributed by atoms with Gasteiger partial charge in [0.1, 0.15) is 6.54 Å². The van der Waals surface area contributed by atoms with Gasteiger partial charge in [-0.15, -0.1) is 0 Å². The Morgan fingerprint density at radius 1 is 1.53 bits per heavy atom. The topological polar surface area (TPSA) is 52.0 Å². The van der Waals surface area contributed by atoms with Gasteiger partial charge in [-0.25, -0.2) is 8.42 Å². The number of rotatable bonds is 2. The quantitative estimate of drug-likeness (QED) is 0.762. The first-order valence-corrected chi connectivity index (χ1v) is 5.96. The smallest absolute Gasteiger partial charge is 0.262 e. The van der Waals surface area contributed by atoms with Crippen LogP contribution in [0.3, 0.4) is 0 Å². The van der Waals surface area contributed by atoms with Crippen molar-refractivity contribution >= 4 is 19.7 Å². The lowest BCUT2D eigenvalue weighted by Crippen LogP contribution is -2.18. The van der Waals surface area contributed by atoms with Gasteiger partial charge in [-0.1, -0.05) is 0 Å². The van der Waals surface area contributed by atoms with Crippen LogP contribution in [0.1, 0.15) is 5.56 Å². The number of alkyl halides is 3. The van der Waals surface area contributed by atoms with Crippen LogP contribution in [0.15, 0.2) is 11.2 Å². The summed E-state index contributed by atoms with van der Waals surface area (Å²) in [6, 6.07) is 0. The number of hydrogen-bond donors (Lipinski definition) is 0. The van der Waals surface area contributed by atoms with Crippen LogP contribution < -0.4 is 0 Å². The Morgan fingerprint density at radius 3 is 2.40 bits per heavy atom. The lowest BCUT2D eigenvalue weighted by atomic mass is 10.4. The molecule has 0 radical (unpaired) electrons. The van der Waals surface area contributed by atoms with E-state index in [9.17, 15) is 21.6 Å². The molecular formula is C6H6ClF3N2O2S. The Hall–Kier alpha value is -0.760. The van der Waals surface area contributed by atoms with Crippen molar-refractivity contribution in [3.05, 3.63) is 11.8 Å². The molecule has 0 atom stereocenters. The van der Waals surface area contributed by atoms with Crippen LogP contribution in [0.5, 0.6) is 0 Å². The highest BCUT2D eigenvalue weighted by Gasteiger charge is 2.29. The molecule has 9 heteroatoms. The molecule has 0 saturated carbocycles. The van der Waals surface area contributed by atoms with Crippen LogP contribution >= 0.6 is 10.7 Å². The lowest BCUT2D eigenvalue weighted by molar-refractivity contribution is -0.142. The number of aryl methyl sites for hydroxylation is 1. The molecule has 1 aromatic rings. The maximum atomic E-state index is 11.9. The van der Waals surface area contributed by atoms with Gasteiger partial charge >= 0.3 is 6.18 Å². The van der Waals surface area contributed by atoms with Gasteiger partial charge in [0.15, 0.2) is 5.03 Å². The van der Waals surface area contributed by atoms with Gasteiger partial charge in [0.2, 0.25) is 0 Å². The molecule has 4 nitrogen and oxygen atoms in total. The van der Waals surface area contributed by atoms with E-state index in [-0.39, 0.29) is 5.56 Å². The van der Waals surface area contributed by atoms with Crippen LogP contribution in [-0.4, -0.2) is 24.4 Å². The van der Waals surface area contributed by atoms with Gasteiger partial charge in [0.25, 0.3) is 9.05 Å². The zero-order chi connectivity index (χ0) is 11.9. The Kier molecular flexibility index (Phi) is 3.01. The molecule has 15 heavy (non-hydrogen) atoms. The molecule has 1 heterocycles. The SMILES string of the molecule is Cc1cn(CC(F)(F)F)nc1S(=O)(=O)Cl. The second kappa shape index (κ2) is 3.67. The van der Waals surface area contributed by atoms with Crippen LogP contribution in [0.25, 0.3) is 0 Å². The average Bonchev–Trinajstić information content (AvgIpc) is 2.25. The van der Waals surface area contributed by atoms with Gasteiger partial charge in [0.05, 0.1) is 0 Å². The number of hydrogen-bond acceptors (Lipinski definition) is 3. The first kappa shape index (κ1) is 12.3. The van der Waals surface area contributed by atoms with E-state index < -0.39 is 26.8 Å². The summed E-state index contributed by atoms with van der Waals surface area (Å²) >= 11 is 0. The van der Waals surface area contributed by atoms with Crippen LogP contribution in [0.2, 0.25) is 0 Å². The second-order valence-electron chi connectivity index (χ2n) is 2.87. The molecular weight excluding hydrogens is 257 g/mol. The van der Waals surface area contributed by atoms with Gasteiger partial charge < -0.3 is 0 Å². The summed E-state index contributed by atoms with van der Waals surface area (Å²) in [7, 11) is 0.868. The van der Waals surface area contributed by atoms with Crippen LogP contribution in [0.4, 0.5) is 13.2 Å². The predicted molar refractivity (Wildman–Crippen MR) is 46.1 cm³/mol. The molecule has 0 spiro atoms. The Balaban J connectivity index is 3.08. The minimum Gasteiger partial charge on any atom is -0.262 e. The van der Waals surface area contributed by atoms with Gasteiger partial charge in [-0.05, 0) is 6.92 Å². The monoisotopic (exact) mass is 262 g/mol. The third-order valence-electron chi connectivity index (χ3n) is 1.47. The maximum Gasteiger partial charge on any atom is 0.408 e. The Bertz CT molecular complexity index is 465. The third kappa shape index (κ3) is 3.38. The predicted octanol–water partition coefficient (Wildman–Crippen LogP) is 1.68. The Morgan fingerprint density at radius 2 is 2.07 bits per heavy atom. The molecule has 0 fully saturated rings. The fraction of sp³-hybridized carbons (Fsp3) is 0.500. The fourth-order valence-corrected chi connectivity index (χ4v) is 2.11. The maximum absolute atomic E-state index is 11.9. The number of nitrogens with zero attached hydrogens (tertiary/aromatic N) is 2. The van der Waals surface area contributed by atoms with Crippen molar-refractivity contribution in [3.8, 4) is 0 Å². The van der Waals surface area contributed by atoms with Crippen molar-refractivity contribution in [1.29, 1.82) is 0 Å². The lowest BCUT2D eigenvalue weighted by Gasteiger charge is -2.04. The van der Waals surface area contributed by atoms with Crippen molar-refractivity contribution in [2.45, 2.75) is 24.7 Å². The van der Waals surface area contributed by atoms with Crippen molar-refractivity contribution in [2.75, 3.05) is 0 Å². The first-order valence-electron chi connectivity index (χ1n) is 3.65. The summed E-state index contributed by atoms with van der Waals surface area (Å²) in [6.07, 6.45) is -3.48. The van der Waals surface area contributed by atoms with E-state index in [2.05, 4.69) is 5.10 Å². The van der Waals surface area contributed by atoms with Crippen molar-refractivity contribution < 1.29 is 21.6 Å². The molecule has 0 N–H and O–H groups in total. The normalized spacial score (nSPS) is 13.1. The van der Waals surface area contributed by atoms with Gasteiger partial charge in [-0.2, -0.15) is 18.3 Å². The molecule has 0 saturated heterocycles.